The summed E-state index contributed by atoms with van der Waals surface area (Å²) >= 11 is 0. The predicted molar refractivity (Wildman–Crippen MR) is 103 cm³/mol. The summed E-state index contributed by atoms with van der Waals surface area (Å²) in [5.74, 6) is 1.77. The standard InChI is InChI=1S/C18H22N4O2.C2H6/c1-12(2-6-19)13-3-7-22(10-13)17(23)14-8-15-16(20-9-14)21-18(4-5-18)11-24-15;1-2/h2,6,8-9,13,19H,3-5,7,10-11H2,1H3,(H,20,21);1-2H3/b12-2+,19-6?;. The van der Waals surface area contributed by atoms with E-state index in [1.54, 1.807) is 12.3 Å². The molecular weight excluding hydrogens is 328 g/mol. The number of allylic oxidation sites excluding steroid dienone is 1. The first-order chi connectivity index (χ1) is 12.6. The highest BCUT2D eigenvalue weighted by Crippen LogP contribution is 2.44. The molecule has 1 unspecified atom stereocenters. The number of anilines is 1. The number of likely N-dealkylation sites (tertiary alicyclic amines) is 1. The van der Waals surface area contributed by atoms with Crippen LogP contribution in [-0.2, 0) is 0 Å². The lowest BCUT2D eigenvalue weighted by Crippen LogP contribution is -2.34. The van der Waals surface area contributed by atoms with E-state index in [4.69, 9.17) is 10.1 Å². The van der Waals surface area contributed by atoms with E-state index < -0.39 is 0 Å². The summed E-state index contributed by atoms with van der Waals surface area (Å²) in [5, 5.41) is 10.6. The lowest BCUT2D eigenvalue weighted by Gasteiger charge is -2.27. The number of amides is 1. The molecule has 2 N–H and O–H groups in total. The van der Waals surface area contributed by atoms with Gasteiger partial charge in [0.1, 0.15) is 6.61 Å². The number of carbonyl (C=O) groups excluding carboxylic acids is 1. The fourth-order valence-corrected chi connectivity index (χ4v) is 3.46. The van der Waals surface area contributed by atoms with E-state index in [9.17, 15) is 4.79 Å². The SMILES string of the molecule is C/C(=C\C=N)C1CCN(C(=O)c2cnc3c(c2)OCC2(CC2)N3)C1.CC. The minimum atomic E-state index is 0.00533. The second-order valence-corrected chi connectivity index (χ2v) is 7.08. The smallest absolute Gasteiger partial charge is 0.255 e. The molecule has 1 saturated heterocycles. The number of pyridine rings is 1. The van der Waals surface area contributed by atoms with Gasteiger partial charge in [0.2, 0.25) is 0 Å². The summed E-state index contributed by atoms with van der Waals surface area (Å²) in [6, 6.07) is 1.81. The van der Waals surface area contributed by atoms with Crippen LogP contribution in [0.15, 0.2) is 23.9 Å². The van der Waals surface area contributed by atoms with Crippen LogP contribution < -0.4 is 10.1 Å². The predicted octanol–water partition coefficient (Wildman–Crippen LogP) is 3.50. The van der Waals surface area contributed by atoms with E-state index in [0.29, 0.717) is 30.4 Å². The van der Waals surface area contributed by atoms with Crippen LogP contribution >= 0.6 is 0 Å². The molecule has 2 fully saturated rings. The molecule has 0 radical (unpaired) electrons. The van der Waals surface area contributed by atoms with Gasteiger partial charge in [-0.05, 0) is 44.2 Å². The topological polar surface area (TPSA) is 78.3 Å². The Hall–Kier alpha value is -2.37. The molecule has 140 valence electrons. The van der Waals surface area contributed by atoms with Crippen molar-refractivity contribution in [3.8, 4) is 5.75 Å². The molecule has 2 aliphatic heterocycles. The first kappa shape index (κ1) is 18.4. The molecule has 1 aliphatic carbocycles. The Kier molecular flexibility index (Phi) is 5.30. The Morgan fingerprint density at radius 2 is 2.23 bits per heavy atom. The van der Waals surface area contributed by atoms with Crippen molar-refractivity contribution in [1.29, 1.82) is 5.41 Å². The summed E-state index contributed by atoms with van der Waals surface area (Å²) in [5.41, 5.74) is 1.83. The maximum Gasteiger partial charge on any atom is 0.255 e. The first-order valence-electron chi connectivity index (χ1n) is 9.48. The second kappa shape index (κ2) is 7.48. The van der Waals surface area contributed by atoms with Crippen LogP contribution in [0.3, 0.4) is 0 Å². The molecule has 1 spiro atoms. The Bertz CT molecular complexity index is 725. The van der Waals surface area contributed by atoms with E-state index in [1.165, 1.54) is 6.21 Å². The van der Waals surface area contributed by atoms with E-state index in [-0.39, 0.29) is 11.4 Å². The van der Waals surface area contributed by atoms with Crippen molar-refractivity contribution in [2.45, 2.75) is 45.6 Å². The van der Waals surface area contributed by atoms with Crippen molar-refractivity contribution >= 4 is 17.9 Å². The van der Waals surface area contributed by atoms with Crippen LogP contribution in [0.4, 0.5) is 5.82 Å². The van der Waals surface area contributed by atoms with E-state index >= 15 is 0 Å². The Labute approximate surface area is 155 Å². The minimum absolute atomic E-state index is 0.00533. The molecule has 1 amide bonds. The molecule has 4 rings (SSSR count). The average Bonchev–Trinajstić information content (AvgIpc) is 3.23. The molecular formula is C20H28N4O2. The number of nitrogens with zero attached hydrogens (tertiary/aromatic N) is 2. The molecule has 1 saturated carbocycles. The fourth-order valence-electron chi connectivity index (χ4n) is 3.46. The zero-order valence-electron chi connectivity index (χ0n) is 15.8. The second-order valence-electron chi connectivity index (χ2n) is 7.08. The first-order valence-corrected chi connectivity index (χ1v) is 9.48. The van der Waals surface area contributed by atoms with Crippen LogP contribution in [0.1, 0.15) is 50.4 Å². The molecule has 0 aromatic carbocycles. The number of carbonyl (C=O) groups is 1. The highest BCUT2D eigenvalue weighted by molar-refractivity contribution is 5.95. The Morgan fingerprint density at radius 3 is 2.92 bits per heavy atom. The van der Waals surface area contributed by atoms with Crippen molar-refractivity contribution in [3.63, 3.8) is 0 Å². The number of hydrogen-bond donors (Lipinski definition) is 2. The van der Waals surface area contributed by atoms with Gasteiger partial charge in [-0.1, -0.05) is 19.4 Å². The van der Waals surface area contributed by atoms with E-state index in [2.05, 4.69) is 10.3 Å². The van der Waals surface area contributed by atoms with Crippen LogP contribution in [0.25, 0.3) is 0 Å². The van der Waals surface area contributed by atoms with Gasteiger partial charge in [0, 0.05) is 25.5 Å². The third-order valence-electron chi connectivity index (χ3n) is 5.31. The number of aromatic nitrogens is 1. The number of hydrogen-bond acceptors (Lipinski definition) is 5. The number of ether oxygens (including phenoxy) is 1. The van der Waals surface area contributed by atoms with Gasteiger partial charge in [-0.25, -0.2) is 4.98 Å². The summed E-state index contributed by atoms with van der Waals surface area (Å²) in [7, 11) is 0. The third-order valence-corrected chi connectivity index (χ3v) is 5.31. The Balaban J connectivity index is 0.000000948. The summed E-state index contributed by atoms with van der Waals surface area (Å²) < 4.78 is 5.82. The van der Waals surface area contributed by atoms with Crippen LogP contribution in [0, 0.1) is 11.3 Å². The lowest BCUT2D eigenvalue weighted by atomic mass is 10.00. The molecule has 0 bridgehead atoms. The van der Waals surface area contributed by atoms with Gasteiger partial charge in [-0.2, -0.15) is 0 Å². The number of nitrogens with one attached hydrogen (secondary N) is 2. The zero-order chi connectivity index (χ0) is 18.7. The van der Waals surface area contributed by atoms with Gasteiger partial charge in [0.05, 0.1) is 11.1 Å². The van der Waals surface area contributed by atoms with Crippen LogP contribution in [0.5, 0.6) is 5.75 Å². The monoisotopic (exact) mass is 356 g/mol. The van der Waals surface area contributed by atoms with Gasteiger partial charge in [0.15, 0.2) is 11.6 Å². The number of rotatable bonds is 3. The van der Waals surface area contributed by atoms with Gasteiger partial charge < -0.3 is 20.4 Å². The van der Waals surface area contributed by atoms with Crippen molar-refractivity contribution in [3.05, 3.63) is 29.5 Å². The summed E-state index contributed by atoms with van der Waals surface area (Å²) in [6.07, 6.45) is 7.95. The average molecular weight is 356 g/mol. The van der Waals surface area contributed by atoms with Crippen molar-refractivity contribution < 1.29 is 9.53 Å². The van der Waals surface area contributed by atoms with E-state index in [1.807, 2.05) is 31.7 Å². The third kappa shape index (κ3) is 3.59. The highest BCUT2D eigenvalue weighted by atomic mass is 16.5. The quantitative estimate of drug-likeness (QED) is 0.813. The normalized spacial score (nSPS) is 22.5. The molecule has 26 heavy (non-hydrogen) atoms. The van der Waals surface area contributed by atoms with Crippen molar-refractivity contribution in [1.82, 2.24) is 9.88 Å². The van der Waals surface area contributed by atoms with Crippen LogP contribution in [0.2, 0.25) is 0 Å². The summed E-state index contributed by atoms with van der Waals surface area (Å²) in [6.45, 7) is 8.12. The molecule has 3 aliphatic rings. The summed E-state index contributed by atoms with van der Waals surface area (Å²) in [4.78, 5) is 19.0. The van der Waals surface area contributed by atoms with Gasteiger partial charge in [-0.3, -0.25) is 4.79 Å². The van der Waals surface area contributed by atoms with Gasteiger partial charge in [-0.15, -0.1) is 0 Å². The Morgan fingerprint density at radius 1 is 1.46 bits per heavy atom. The molecule has 6 heteroatoms. The molecule has 1 atom stereocenters. The zero-order valence-corrected chi connectivity index (χ0v) is 15.8. The molecule has 1 aromatic rings. The number of fused-ring (bicyclic) bond motifs is 1. The molecule has 1 aromatic heterocycles. The maximum absolute atomic E-state index is 12.7. The largest absolute Gasteiger partial charge is 0.487 e. The highest BCUT2D eigenvalue weighted by Gasteiger charge is 2.47. The maximum atomic E-state index is 12.7. The lowest BCUT2D eigenvalue weighted by molar-refractivity contribution is 0.0788. The van der Waals surface area contributed by atoms with Crippen molar-refractivity contribution in [2.75, 3.05) is 25.0 Å². The fraction of sp³-hybridized carbons (Fsp3) is 0.550. The molecule has 6 nitrogen and oxygen atoms in total. The van der Waals surface area contributed by atoms with Gasteiger partial charge >= 0.3 is 0 Å². The van der Waals surface area contributed by atoms with Crippen molar-refractivity contribution in [2.24, 2.45) is 5.92 Å². The molecule has 3 heterocycles. The minimum Gasteiger partial charge on any atom is -0.487 e. The van der Waals surface area contributed by atoms with E-state index in [0.717, 1.165) is 37.2 Å². The van der Waals surface area contributed by atoms with Crippen LogP contribution in [-0.4, -0.2) is 47.2 Å². The van der Waals surface area contributed by atoms with Gasteiger partial charge in [0.25, 0.3) is 5.91 Å².